The fourth-order valence-corrected chi connectivity index (χ4v) is 0.562. The first kappa shape index (κ1) is 13.5. The van der Waals surface area contributed by atoms with Crippen molar-refractivity contribution in [2.75, 3.05) is 13.2 Å². The van der Waals surface area contributed by atoms with Crippen molar-refractivity contribution in [2.45, 2.75) is 24.8 Å². The molecule has 2 N–H and O–H groups in total. The van der Waals surface area contributed by atoms with Crippen LogP contribution in [-0.4, -0.2) is 31.6 Å². The molecule has 0 aromatic rings. The highest BCUT2D eigenvalue weighted by Crippen LogP contribution is 2.21. The van der Waals surface area contributed by atoms with Crippen molar-refractivity contribution in [2.24, 2.45) is 5.73 Å². The highest BCUT2D eigenvalue weighted by atomic mass is 19.4. The molecule has 0 aliphatic rings. The van der Waals surface area contributed by atoms with Gasteiger partial charge in [0.15, 0.2) is 0 Å². The van der Waals surface area contributed by atoms with E-state index in [-0.39, 0.29) is 0 Å². The topological polar surface area (TPSA) is 35.2 Å². The maximum Gasteiger partial charge on any atom is 0.411 e. The van der Waals surface area contributed by atoms with Crippen LogP contribution in [0, 0.1) is 0 Å². The van der Waals surface area contributed by atoms with Crippen molar-refractivity contribution < 1.29 is 31.1 Å². The Bertz CT molecular complexity index is 165. The zero-order valence-corrected chi connectivity index (χ0v) is 6.95. The zero-order valence-electron chi connectivity index (χ0n) is 6.95. The number of nitrogens with two attached hydrogens (primary N) is 1. The van der Waals surface area contributed by atoms with E-state index >= 15 is 0 Å². The van der Waals surface area contributed by atoms with Gasteiger partial charge in [0.2, 0.25) is 0 Å². The van der Waals surface area contributed by atoms with Crippen LogP contribution in [0.3, 0.4) is 0 Å². The number of alkyl halides is 6. The first-order valence-electron chi connectivity index (χ1n) is 3.60. The van der Waals surface area contributed by atoms with Crippen molar-refractivity contribution in [3.8, 4) is 0 Å². The van der Waals surface area contributed by atoms with Crippen LogP contribution in [-0.2, 0) is 4.74 Å². The number of rotatable bonds is 4. The maximum atomic E-state index is 11.7. The minimum atomic E-state index is -4.60. The summed E-state index contributed by atoms with van der Waals surface area (Å²) in [5, 5.41) is 0. The normalized spacial score (nSPS) is 15.6. The molecule has 14 heavy (non-hydrogen) atoms. The first-order valence-corrected chi connectivity index (χ1v) is 3.60. The van der Waals surface area contributed by atoms with Crippen molar-refractivity contribution >= 4 is 0 Å². The van der Waals surface area contributed by atoms with E-state index < -0.39 is 38.0 Å². The Hall–Kier alpha value is -0.500. The van der Waals surface area contributed by atoms with Crippen molar-refractivity contribution in [3.63, 3.8) is 0 Å². The molecule has 0 aliphatic carbocycles. The van der Waals surface area contributed by atoms with Crippen molar-refractivity contribution in [3.05, 3.63) is 0 Å². The number of hydrogen-bond donors (Lipinski definition) is 1. The van der Waals surface area contributed by atoms with Gasteiger partial charge in [0, 0.05) is 6.61 Å². The Labute approximate surface area is 76.0 Å². The second-order valence-electron chi connectivity index (χ2n) is 2.60. The average Bonchev–Trinajstić information content (AvgIpc) is 1.93. The summed E-state index contributed by atoms with van der Waals surface area (Å²) in [4.78, 5) is 0. The molecule has 0 aromatic heterocycles. The molecule has 0 radical (unpaired) electrons. The molecule has 0 amide bonds. The molecule has 0 heterocycles. The number of ether oxygens (including phenoxy) is 1. The lowest BCUT2D eigenvalue weighted by atomic mass is 10.2. The van der Waals surface area contributed by atoms with E-state index in [0.29, 0.717) is 0 Å². The van der Waals surface area contributed by atoms with Gasteiger partial charge in [0.05, 0.1) is 0 Å². The van der Waals surface area contributed by atoms with E-state index in [4.69, 9.17) is 0 Å². The largest absolute Gasteiger partial charge is 0.411 e. The zero-order chi connectivity index (χ0) is 11.4. The third-order valence-electron chi connectivity index (χ3n) is 1.26. The van der Waals surface area contributed by atoms with Gasteiger partial charge in [-0.3, -0.25) is 0 Å². The van der Waals surface area contributed by atoms with E-state index in [0.717, 1.165) is 0 Å². The first-order chi connectivity index (χ1) is 6.13. The number of hydrogen-bond acceptors (Lipinski definition) is 2. The Balaban J connectivity index is 3.56. The monoisotopic (exact) mass is 225 g/mol. The van der Waals surface area contributed by atoms with E-state index in [1.807, 2.05) is 0 Å². The molecule has 1 atom stereocenters. The molecule has 86 valence electrons. The van der Waals surface area contributed by atoms with E-state index in [2.05, 4.69) is 10.5 Å². The molecule has 0 spiro atoms. The Morgan fingerprint density at radius 2 is 1.57 bits per heavy atom. The molecule has 0 aliphatic heterocycles. The van der Waals surface area contributed by atoms with Crippen LogP contribution in [0.2, 0.25) is 0 Å². The predicted octanol–water partition coefficient (Wildman–Crippen LogP) is 1.84. The van der Waals surface area contributed by atoms with Gasteiger partial charge in [-0.05, 0) is 6.42 Å². The molecule has 2 nitrogen and oxygen atoms in total. The summed E-state index contributed by atoms with van der Waals surface area (Å²) >= 11 is 0. The molecule has 0 fully saturated rings. The van der Waals surface area contributed by atoms with Gasteiger partial charge in [0.25, 0.3) is 0 Å². The second-order valence-corrected chi connectivity index (χ2v) is 2.60. The molecule has 0 bridgehead atoms. The quantitative estimate of drug-likeness (QED) is 0.585. The van der Waals surface area contributed by atoms with Gasteiger partial charge < -0.3 is 10.5 Å². The maximum absolute atomic E-state index is 11.7. The Morgan fingerprint density at radius 1 is 1.07 bits per heavy atom. The third-order valence-corrected chi connectivity index (χ3v) is 1.26. The van der Waals surface area contributed by atoms with Gasteiger partial charge in [-0.1, -0.05) is 0 Å². The Kier molecular flexibility index (Phi) is 4.66. The van der Waals surface area contributed by atoms with Gasteiger partial charge in [-0.15, -0.1) is 0 Å². The summed E-state index contributed by atoms with van der Waals surface area (Å²) in [6, 6.07) is -2.14. The molecular weight excluding hydrogens is 216 g/mol. The van der Waals surface area contributed by atoms with E-state index in [1.165, 1.54) is 0 Å². The van der Waals surface area contributed by atoms with Crippen LogP contribution in [0.1, 0.15) is 6.42 Å². The van der Waals surface area contributed by atoms with Gasteiger partial charge in [0.1, 0.15) is 12.6 Å². The smallest absolute Gasteiger partial charge is 0.372 e. The highest BCUT2D eigenvalue weighted by molar-refractivity contribution is 4.69. The summed E-state index contributed by atoms with van der Waals surface area (Å²) < 4.78 is 73.4. The van der Waals surface area contributed by atoms with Crippen LogP contribution >= 0.6 is 0 Å². The summed E-state index contributed by atoms with van der Waals surface area (Å²) in [6.07, 6.45) is -9.80. The van der Waals surface area contributed by atoms with E-state index in [1.54, 1.807) is 0 Å². The van der Waals surface area contributed by atoms with Crippen molar-refractivity contribution in [1.82, 2.24) is 0 Å². The predicted molar refractivity (Wildman–Crippen MR) is 35.5 cm³/mol. The summed E-state index contributed by atoms with van der Waals surface area (Å²) in [5.74, 6) is 0. The van der Waals surface area contributed by atoms with Crippen LogP contribution in [0.5, 0.6) is 0 Å². The Morgan fingerprint density at radius 3 is 1.93 bits per heavy atom. The fourth-order valence-electron chi connectivity index (χ4n) is 0.562. The van der Waals surface area contributed by atoms with E-state index in [9.17, 15) is 26.3 Å². The molecule has 0 saturated carbocycles. The SMILES string of the molecule is NC(CCOCC(F)(F)F)C(F)(F)F. The van der Waals surface area contributed by atoms with Gasteiger partial charge >= 0.3 is 12.4 Å². The third kappa shape index (κ3) is 6.96. The summed E-state index contributed by atoms with van der Waals surface area (Å²) in [5.41, 5.74) is 4.61. The minimum absolute atomic E-state index is 0.666. The standard InChI is InChI=1S/C6H9F6NO/c7-5(8,9)3-14-2-1-4(13)6(10,11)12/h4H,1-3,13H2. The fraction of sp³-hybridized carbons (Fsp3) is 1.00. The molecule has 0 rings (SSSR count). The molecule has 1 unspecified atom stereocenters. The highest BCUT2D eigenvalue weighted by Gasteiger charge is 2.36. The van der Waals surface area contributed by atoms with Crippen LogP contribution < -0.4 is 5.73 Å². The van der Waals surface area contributed by atoms with Gasteiger partial charge in [-0.25, -0.2) is 0 Å². The summed E-state index contributed by atoms with van der Waals surface area (Å²) in [6.45, 7) is -2.22. The molecule has 0 aromatic carbocycles. The van der Waals surface area contributed by atoms with Crippen LogP contribution in [0.25, 0.3) is 0 Å². The van der Waals surface area contributed by atoms with Crippen LogP contribution in [0.15, 0.2) is 0 Å². The van der Waals surface area contributed by atoms with Gasteiger partial charge in [-0.2, -0.15) is 26.3 Å². The average molecular weight is 225 g/mol. The molecular formula is C6H9F6NO. The van der Waals surface area contributed by atoms with Crippen molar-refractivity contribution in [1.29, 1.82) is 0 Å². The lowest BCUT2D eigenvalue weighted by molar-refractivity contribution is -0.179. The molecule has 8 heteroatoms. The summed E-state index contributed by atoms with van der Waals surface area (Å²) in [7, 11) is 0. The van der Waals surface area contributed by atoms with Crippen LogP contribution in [0.4, 0.5) is 26.3 Å². The molecule has 0 saturated heterocycles. The second kappa shape index (κ2) is 4.83. The lowest BCUT2D eigenvalue weighted by Crippen LogP contribution is -2.38. The lowest BCUT2D eigenvalue weighted by Gasteiger charge is -2.15. The minimum Gasteiger partial charge on any atom is -0.372 e. The number of halogens is 6.